The summed E-state index contributed by atoms with van der Waals surface area (Å²) in [6.07, 6.45) is 5.93. The average molecular weight is 304 g/mol. The molecule has 3 rings (SSSR count). The minimum atomic E-state index is -0.312. The number of amides is 1. The summed E-state index contributed by atoms with van der Waals surface area (Å²) in [7, 11) is 0. The van der Waals surface area contributed by atoms with Crippen LogP contribution in [-0.2, 0) is 10.2 Å². The standard InChI is InChI=1S/C17H24N2O3/c1-12(16(18)20)19-10-17(7-3-2-4-8-17)13-5-6-14-15(9-13)22-11-21-14/h5-6,9,12,19H,2-4,7-8,10-11H2,1H3,(H2,18,20). The molecule has 1 aromatic rings. The second-order valence-electron chi connectivity index (χ2n) is 6.41. The van der Waals surface area contributed by atoms with Crippen LogP contribution < -0.4 is 20.5 Å². The van der Waals surface area contributed by atoms with Crippen molar-refractivity contribution in [1.29, 1.82) is 0 Å². The Balaban J connectivity index is 1.83. The smallest absolute Gasteiger partial charge is 0.234 e. The van der Waals surface area contributed by atoms with E-state index in [1.54, 1.807) is 0 Å². The molecule has 120 valence electrons. The van der Waals surface area contributed by atoms with Crippen molar-refractivity contribution < 1.29 is 14.3 Å². The van der Waals surface area contributed by atoms with Crippen LogP contribution in [-0.4, -0.2) is 25.3 Å². The highest BCUT2D eigenvalue weighted by Gasteiger charge is 2.35. The first-order chi connectivity index (χ1) is 10.6. The number of hydrogen-bond donors (Lipinski definition) is 2. The normalized spacial score (nSPS) is 20.6. The van der Waals surface area contributed by atoms with Gasteiger partial charge in [0.05, 0.1) is 6.04 Å². The summed E-state index contributed by atoms with van der Waals surface area (Å²) in [5.74, 6) is 1.33. The van der Waals surface area contributed by atoms with Gasteiger partial charge in [-0.25, -0.2) is 0 Å². The Morgan fingerprint density at radius 2 is 2.00 bits per heavy atom. The molecule has 1 atom stereocenters. The van der Waals surface area contributed by atoms with E-state index < -0.39 is 0 Å². The van der Waals surface area contributed by atoms with Crippen molar-refractivity contribution in [2.24, 2.45) is 5.73 Å². The fourth-order valence-electron chi connectivity index (χ4n) is 3.47. The second kappa shape index (κ2) is 6.16. The van der Waals surface area contributed by atoms with Crippen LogP contribution in [0.2, 0.25) is 0 Å². The lowest BCUT2D eigenvalue weighted by Gasteiger charge is -2.39. The molecule has 3 N–H and O–H groups in total. The molecule has 1 saturated carbocycles. The second-order valence-corrected chi connectivity index (χ2v) is 6.41. The topological polar surface area (TPSA) is 73.6 Å². The minimum Gasteiger partial charge on any atom is -0.454 e. The summed E-state index contributed by atoms with van der Waals surface area (Å²) < 4.78 is 10.9. The van der Waals surface area contributed by atoms with E-state index in [9.17, 15) is 4.79 Å². The maximum Gasteiger partial charge on any atom is 0.234 e. The van der Waals surface area contributed by atoms with Crippen molar-refractivity contribution in [3.63, 3.8) is 0 Å². The van der Waals surface area contributed by atoms with Crippen molar-refractivity contribution in [2.45, 2.75) is 50.5 Å². The van der Waals surface area contributed by atoms with Crippen LogP contribution in [0.1, 0.15) is 44.6 Å². The summed E-state index contributed by atoms with van der Waals surface area (Å²) in [4.78, 5) is 11.3. The van der Waals surface area contributed by atoms with Gasteiger partial charge in [-0.3, -0.25) is 4.79 Å². The van der Waals surface area contributed by atoms with Gasteiger partial charge in [0, 0.05) is 12.0 Å². The number of ether oxygens (including phenoxy) is 2. The highest BCUT2D eigenvalue weighted by atomic mass is 16.7. The van der Waals surface area contributed by atoms with Gasteiger partial charge in [-0.2, -0.15) is 0 Å². The van der Waals surface area contributed by atoms with E-state index >= 15 is 0 Å². The predicted octanol–water partition coefficient (Wildman–Crippen LogP) is 2.08. The predicted molar refractivity (Wildman–Crippen MR) is 84.0 cm³/mol. The molecule has 5 heteroatoms. The van der Waals surface area contributed by atoms with Gasteiger partial charge < -0.3 is 20.5 Å². The SMILES string of the molecule is CC(NCC1(c2ccc3c(c2)OCO3)CCCCC1)C(N)=O. The molecule has 1 fully saturated rings. The molecule has 5 nitrogen and oxygen atoms in total. The number of hydrogen-bond acceptors (Lipinski definition) is 4. The summed E-state index contributed by atoms with van der Waals surface area (Å²) in [6.45, 7) is 2.87. The van der Waals surface area contributed by atoms with Gasteiger partial charge in [0.2, 0.25) is 12.7 Å². The van der Waals surface area contributed by atoms with Crippen molar-refractivity contribution in [3.05, 3.63) is 23.8 Å². The number of nitrogens with one attached hydrogen (secondary N) is 1. The number of benzene rings is 1. The van der Waals surface area contributed by atoms with Crippen LogP contribution in [0, 0.1) is 0 Å². The van der Waals surface area contributed by atoms with Crippen molar-refractivity contribution in [1.82, 2.24) is 5.32 Å². The van der Waals surface area contributed by atoms with Crippen molar-refractivity contribution in [3.8, 4) is 11.5 Å². The van der Waals surface area contributed by atoms with Crippen LogP contribution in [0.15, 0.2) is 18.2 Å². The highest BCUT2D eigenvalue weighted by Crippen LogP contribution is 2.43. The molecule has 1 aliphatic heterocycles. The monoisotopic (exact) mass is 304 g/mol. The van der Waals surface area contributed by atoms with Gasteiger partial charge in [-0.05, 0) is 37.5 Å². The largest absolute Gasteiger partial charge is 0.454 e. The Hall–Kier alpha value is -1.75. The molecular formula is C17H24N2O3. The number of carbonyl (C=O) groups is 1. The third kappa shape index (κ3) is 2.90. The Morgan fingerprint density at radius 1 is 1.27 bits per heavy atom. The number of fused-ring (bicyclic) bond motifs is 1. The zero-order valence-corrected chi connectivity index (χ0v) is 13.1. The Kier molecular flexibility index (Phi) is 4.25. The van der Waals surface area contributed by atoms with E-state index in [0.29, 0.717) is 6.79 Å². The number of rotatable bonds is 5. The van der Waals surface area contributed by atoms with E-state index in [1.165, 1.54) is 24.8 Å². The summed E-state index contributed by atoms with van der Waals surface area (Å²) >= 11 is 0. The van der Waals surface area contributed by atoms with Crippen molar-refractivity contribution >= 4 is 5.91 Å². The molecule has 0 saturated heterocycles. The van der Waals surface area contributed by atoms with Gasteiger partial charge in [0.1, 0.15) is 0 Å². The first-order valence-electron chi connectivity index (χ1n) is 8.04. The lowest BCUT2D eigenvalue weighted by atomic mass is 9.69. The lowest BCUT2D eigenvalue weighted by Crippen LogP contribution is -2.47. The van der Waals surface area contributed by atoms with Crippen LogP contribution in [0.25, 0.3) is 0 Å². The molecule has 0 radical (unpaired) electrons. The zero-order chi connectivity index (χ0) is 15.6. The van der Waals surface area contributed by atoms with Crippen LogP contribution in [0.3, 0.4) is 0 Å². The van der Waals surface area contributed by atoms with Crippen LogP contribution >= 0.6 is 0 Å². The Labute approximate surface area is 131 Å². The molecule has 1 unspecified atom stereocenters. The third-order valence-corrected chi connectivity index (χ3v) is 4.97. The van der Waals surface area contributed by atoms with Crippen molar-refractivity contribution in [2.75, 3.05) is 13.3 Å². The molecule has 0 spiro atoms. The van der Waals surface area contributed by atoms with Gasteiger partial charge >= 0.3 is 0 Å². The van der Waals surface area contributed by atoms with E-state index in [1.807, 2.05) is 13.0 Å². The summed E-state index contributed by atoms with van der Waals surface area (Å²) in [5.41, 5.74) is 6.68. The fourth-order valence-corrected chi connectivity index (χ4v) is 3.47. The Morgan fingerprint density at radius 3 is 2.73 bits per heavy atom. The first-order valence-corrected chi connectivity index (χ1v) is 8.04. The van der Waals surface area contributed by atoms with E-state index in [0.717, 1.165) is 30.9 Å². The number of carbonyl (C=O) groups excluding carboxylic acids is 1. The van der Waals surface area contributed by atoms with Gasteiger partial charge in [0.25, 0.3) is 0 Å². The quantitative estimate of drug-likeness (QED) is 0.873. The maximum atomic E-state index is 11.3. The molecule has 2 aliphatic rings. The molecule has 1 aliphatic carbocycles. The molecule has 1 heterocycles. The lowest BCUT2D eigenvalue weighted by molar-refractivity contribution is -0.119. The van der Waals surface area contributed by atoms with Gasteiger partial charge in [-0.1, -0.05) is 25.3 Å². The first kappa shape index (κ1) is 15.2. The highest BCUT2D eigenvalue weighted by molar-refractivity contribution is 5.79. The molecular weight excluding hydrogens is 280 g/mol. The van der Waals surface area contributed by atoms with Gasteiger partial charge in [-0.15, -0.1) is 0 Å². The van der Waals surface area contributed by atoms with E-state index in [2.05, 4.69) is 17.4 Å². The number of nitrogens with two attached hydrogens (primary N) is 1. The van der Waals surface area contributed by atoms with E-state index in [4.69, 9.17) is 15.2 Å². The minimum absolute atomic E-state index is 0.0446. The number of primary amides is 1. The fraction of sp³-hybridized carbons (Fsp3) is 0.588. The van der Waals surface area contributed by atoms with E-state index in [-0.39, 0.29) is 17.4 Å². The molecule has 0 aromatic heterocycles. The molecule has 1 aromatic carbocycles. The zero-order valence-electron chi connectivity index (χ0n) is 13.1. The molecule has 22 heavy (non-hydrogen) atoms. The van der Waals surface area contributed by atoms with Gasteiger partial charge in [0.15, 0.2) is 11.5 Å². The molecule has 0 bridgehead atoms. The Bertz CT molecular complexity index is 553. The average Bonchev–Trinajstić information content (AvgIpc) is 3.01. The third-order valence-electron chi connectivity index (χ3n) is 4.97. The summed E-state index contributed by atoms with van der Waals surface area (Å²) in [6, 6.07) is 5.92. The summed E-state index contributed by atoms with van der Waals surface area (Å²) in [5, 5.41) is 3.31. The molecule has 1 amide bonds. The maximum absolute atomic E-state index is 11.3. The van der Waals surface area contributed by atoms with Crippen LogP contribution in [0.5, 0.6) is 11.5 Å². The van der Waals surface area contributed by atoms with Crippen LogP contribution in [0.4, 0.5) is 0 Å².